The molecule has 4 aliphatic rings. The highest BCUT2D eigenvalue weighted by atomic mass is 32.2. The summed E-state index contributed by atoms with van der Waals surface area (Å²) in [5.41, 5.74) is 2.30. The number of nitrogens with zero attached hydrogens (tertiary/aromatic N) is 3. The van der Waals surface area contributed by atoms with Crippen LogP contribution in [0.1, 0.15) is 137 Å². The summed E-state index contributed by atoms with van der Waals surface area (Å²) in [4.78, 5) is 82.8. The molecular formula is C47H56FN5O10S. The number of imide groups is 2. The number of unbranched alkanes of at least 4 members (excludes halogenated alkanes) is 5. The Bertz CT molecular complexity index is 2440. The van der Waals surface area contributed by atoms with Crippen LogP contribution < -0.4 is 20.1 Å². The molecule has 0 aliphatic carbocycles. The van der Waals surface area contributed by atoms with Crippen LogP contribution in [-0.2, 0) is 30.8 Å². The zero-order valence-electron chi connectivity index (χ0n) is 36.6. The Balaban J connectivity index is 0.829. The minimum atomic E-state index is -3.68. The molecule has 3 aromatic rings. The molecule has 0 radical (unpaired) electrons. The van der Waals surface area contributed by atoms with E-state index in [2.05, 4.69) is 15.5 Å². The summed E-state index contributed by atoms with van der Waals surface area (Å²) < 4.78 is 51.7. The van der Waals surface area contributed by atoms with Crippen molar-refractivity contribution in [1.82, 2.24) is 20.0 Å². The summed E-state index contributed by atoms with van der Waals surface area (Å²) in [6.07, 6.45) is 8.83. The number of hydrogen-bond acceptors (Lipinski definition) is 11. The number of methoxy groups -OCH3 is 1. The monoisotopic (exact) mass is 901 g/mol. The normalized spacial score (nSPS) is 18.6. The molecule has 6 amide bonds. The van der Waals surface area contributed by atoms with E-state index >= 15 is 4.39 Å². The Kier molecular flexibility index (Phi) is 14.5. The first-order valence-electron chi connectivity index (χ1n) is 22.2. The minimum Gasteiger partial charge on any atom is -0.493 e. The van der Waals surface area contributed by atoms with E-state index in [4.69, 9.17) is 9.47 Å². The van der Waals surface area contributed by atoms with Crippen LogP contribution in [0.2, 0.25) is 0 Å². The predicted octanol–water partition coefficient (Wildman–Crippen LogP) is 5.92. The van der Waals surface area contributed by atoms with Gasteiger partial charge in [-0.1, -0.05) is 43.9 Å². The first kappa shape index (κ1) is 46.3. The van der Waals surface area contributed by atoms with Gasteiger partial charge in [-0.15, -0.1) is 0 Å². The van der Waals surface area contributed by atoms with Gasteiger partial charge in [-0.3, -0.25) is 39.0 Å². The van der Waals surface area contributed by atoms with E-state index in [1.807, 2.05) is 0 Å². The molecule has 2 atom stereocenters. The fourth-order valence-electron chi connectivity index (χ4n) is 9.40. The Morgan fingerprint density at radius 2 is 1.62 bits per heavy atom. The van der Waals surface area contributed by atoms with Gasteiger partial charge in [0.15, 0.2) is 11.5 Å². The van der Waals surface area contributed by atoms with E-state index in [1.165, 1.54) is 24.1 Å². The van der Waals surface area contributed by atoms with Crippen molar-refractivity contribution >= 4 is 51.0 Å². The first-order chi connectivity index (χ1) is 30.7. The quantitative estimate of drug-likeness (QED) is 0.107. The van der Waals surface area contributed by atoms with Gasteiger partial charge in [-0.05, 0) is 112 Å². The van der Waals surface area contributed by atoms with Crippen LogP contribution in [0.5, 0.6) is 11.5 Å². The van der Waals surface area contributed by atoms with E-state index in [-0.39, 0.29) is 71.8 Å². The number of hydrogen-bond donors (Lipinski definition) is 2. The number of halogens is 1. The molecule has 2 fully saturated rings. The highest BCUT2D eigenvalue weighted by Gasteiger charge is 2.44. The summed E-state index contributed by atoms with van der Waals surface area (Å²) >= 11 is 0. The second-order valence-corrected chi connectivity index (χ2v) is 19.3. The molecule has 3 aromatic carbocycles. The zero-order chi connectivity index (χ0) is 45.7. The van der Waals surface area contributed by atoms with Gasteiger partial charge in [0.2, 0.25) is 17.7 Å². The Hall–Kier alpha value is -5.68. The number of ether oxygens (including phenoxy) is 2. The van der Waals surface area contributed by atoms with Crippen molar-refractivity contribution in [3.05, 3.63) is 87.7 Å². The summed E-state index contributed by atoms with van der Waals surface area (Å²) in [5.74, 6) is -2.97. The van der Waals surface area contributed by atoms with Gasteiger partial charge in [-0.2, -0.15) is 0 Å². The molecule has 0 spiro atoms. The molecule has 342 valence electrons. The third-order valence-electron chi connectivity index (χ3n) is 12.7. The van der Waals surface area contributed by atoms with Crippen molar-refractivity contribution in [1.29, 1.82) is 0 Å². The van der Waals surface area contributed by atoms with Crippen molar-refractivity contribution in [3.63, 3.8) is 0 Å². The predicted molar refractivity (Wildman–Crippen MR) is 235 cm³/mol. The number of nitrogens with one attached hydrogen (secondary N) is 2. The summed E-state index contributed by atoms with van der Waals surface area (Å²) in [7, 11) is -2.21. The summed E-state index contributed by atoms with van der Waals surface area (Å²) in [5, 5.41) is 5.12. The molecule has 17 heteroatoms. The number of fused-ring (bicyclic) bond motifs is 2. The molecule has 64 heavy (non-hydrogen) atoms. The fraction of sp³-hybridized carbons (Fsp3) is 0.489. The lowest BCUT2D eigenvalue weighted by molar-refractivity contribution is -0.137. The molecule has 4 heterocycles. The Morgan fingerprint density at radius 1 is 0.891 bits per heavy atom. The van der Waals surface area contributed by atoms with Gasteiger partial charge < -0.3 is 24.6 Å². The lowest BCUT2D eigenvalue weighted by atomic mass is 9.87. The molecule has 15 nitrogen and oxygen atoms in total. The van der Waals surface area contributed by atoms with E-state index in [1.54, 1.807) is 43.3 Å². The first-order valence-corrected chi connectivity index (χ1v) is 24.2. The van der Waals surface area contributed by atoms with Gasteiger partial charge in [0.1, 0.15) is 21.7 Å². The van der Waals surface area contributed by atoms with E-state index in [9.17, 15) is 37.2 Å². The van der Waals surface area contributed by atoms with Crippen molar-refractivity contribution in [3.8, 4) is 11.5 Å². The Labute approximate surface area is 372 Å². The van der Waals surface area contributed by atoms with Crippen LogP contribution in [0.3, 0.4) is 0 Å². The van der Waals surface area contributed by atoms with Gasteiger partial charge in [0.05, 0.1) is 42.3 Å². The van der Waals surface area contributed by atoms with Crippen LogP contribution >= 0.6 is 0 Å². The molecule has 4 aliphatic heterocycles. The van der Waals surface area contributed by atoms with Gasteiger partial charge in [0.25, 0.3) is 17.7 Å². The maximum absolute atomic E-state index is 15.4. The van der Waals surface area contributed by atoms with Crippen LogP contribution in [0.25, 0.3) is 0 Å². The fourth-order valence-corrected chi connectivity index (χ4v) is 10.3. The lowest BCUT2D eigenvalue weighted by Gasteiger charge is -2.32. The Morgan fingerprint density at radius 3 is 2.33 bits per heavy atom. The average Bonchev–Trinajstić information content (AvgIpc) is 3.71. The molecule has 0 saturated carbocycles. The van der Waals surface area contributed by atoms with Crippen LogP contribution in [-0.4, -0.2) is 110 Å². The number of carbonyl (C=O) groups excluding carboxylic acids is 6. The van der Waals surface area contributed by atoms with E-state index in [0.717, 1.165) is 81.3 Å². The van der Waals surface area contributed by atoms with Crippen molar-refractivity contribution in [2.75, 3.05) is 50.7 Å². The van der Waals surface area contributed by atoms with E-state index in [0.29, 0.717) is 35.7 Å². The molecular weight excluding hydrogens is 846 g/mol. The average molecular weight is 902 g/mol. The third-order valence-corrected chi connectivity index (χ3v) is 13.6. The number of carbonyl (C=O) groups is 6. The van der Waals surface area contributed by atoms with Crippen LogP contribution in [0, 0.1) is 5.82 Å². The van der Waals surface area contributed by atoms with Gasteiger partial charge >= 0.3 is 0 Å². The standard InChI is InChI=1S/C47H56FN5O10S/c1-4-63-40-25-30(15-17-39(40)62-2)38(28-64(3,60)61)53-46(58)32-12-11-13-36(43(32)47(53)59)49-41(54)14-9-7-5-6-8-10-21-51-22-19-29(20-23-51)33-24-31-27-52(45(57)34(31)26-35(33)48)37-16-18-42(55)50-44(37)56/h11-13,15,17,24-26,29,37-38H,4-10,14,16,18-23,27-28H2,1-3H3,(H,49,54)(H,50,55,56)/t37?,38-/m1/s1. The maximum Gasteiger partial charge on any atom is 0.264 e. The highest BCUT2D eigenvalue weighted by Crippen LogP contribution is 2.39. The number of sulfone groups is 1. The molecule has 1 unspecified atom stereocenters. The van der Waals surface area contributed by atoms with Crippen LogP contribution in [0.4, 0.5) is 10.1 Å². The molecule has 2 saturated heterocycles. The lowest BCUT2D eigenvalue weighted by Crippen LogP contribution is -2.52. The number of likely N-dealkylation sites (tertiary alicyclic amines) is 1. The second-order valence-electron chi connectivity index (χ2n) is 17.1. The largest absolute Gasteiger partial charge is 0.493 e. The third kappa shape index (κ3) is 10.3. The molecule has 2 N–H and O–H groups in total. The SMILES string of the molecule is CCOc1cc([C@@H](CS(C)(=O)=O)N2C(=O)c3cccc(NC(=O)CCCCCCCCN4CCC(c5cc6c(cc5F)C(=O)N(C5CCC(=O)NC5=O)C6)CC4)c3C2=O)ccc1OC. The second kappa shape index (κ2) is 20.0. The highest BCUT2D eigenvalue weighted by molar-refractivity contribution is 7.90. The minimum absolute atomic E-state index is 0.0234. The number of piperidine rings is 2. The van der Waals surface area contributed by atoms with Gasteiger partial charge in [-0.25, -0.2) is 12.8 Å². The van der Waals surface area contributed by atoms with Gasteiger partial charge in [0, 0.05) is 31.2 Å². The maximum atomic E-state index is 15.4. The number of amides is 6. The topological polar surface area (TPSA) is 189 Å². The molecule has 7 rings (SSSR count). The van der Waals surface area contributed by atoms with Crippen molar-refractivity contribution < 1.29 is 51.0 Å². The number of benzene rings is 3. The molecule has 0 aromatic heterocycles. The van der Waals surface area contributed by atoms with Crippen molar-refractivity contribution in [2.24, 2.45) is 0 Å². The molecule has 0 bridgehead atoms. The van der Waals surface area contributed by atoms with Crippen molar-refractivity contribution in [2.45, 2.75) is 102 Å². The number of rotatable bonds is 19. The number of anilines is 1. The van der Waals surface area contributed by atoms with E-state index < -0.39 is 51.2 Å². The zero-order valence-corrected chi connectivity index (χ0v) is 37.4. The van der Waals surface area contributed by atoms with Crippen LogP contribution in [0.15, 0.2) is 48.5 Å². The smallest absolute Gasteiger partial charge is 0.264 e. The summed E-state index contributed by atoms with van der Waals surface area (Å²) in [6.45, 7) is 4.96. The summed E-state index contributed by atoms with van der Waals surface area (Å²) in [6, 6.07) is 10.6.